The highest BCUT2D eigenvalue weighted by molar-refractivity contribution is 5.18. The number of rotatable bonds is 3. The molecule has 0 aliphatic heterocycles. The zero-order valence-corrected chi connectivity index (χ0v) is 8.23. The molecule has 0 aromatic heterocycles. The molecular weight excluding hydrogens is 188 g/mol. The summed E-state index contributed by atoms with van der Waals surface area (Å²) in [6, 6.07) is 0. The summed E-state index contributed by atoms with van der Waals surface area (Å²) in [5.74, 6) is 0. The summed E-state index contributed by atoms with van der Waals surface area (Å²) in [6.07, 6.45) is 2.93. The third-order valence-electron chi connectivity index (χ3n) is 4.07. The van der Waals surface area contributed by atoms with E-state index in [1.165, 1.54) is 0 Å². The van der Waals surface area contributed by atoms with Gasteiger partial charge in [0.05, 0.1) is 19.0 Å². The highest BCUT2D eigenvalue weighted by atomic mass is 19.1. The predicted molar refractivity (Wildman–Crippen MR) is 49.3 cm³/mol. The van der Waals surface area contributed by atoms with Crippen molar-refractivity contribution >= 4 is 0 Å². The van der Waals surface area contributed by atoms with Crippen LogP contribution in [0.2, 0.25) is 0 Å². The van der Waals surface area contributed by atoms with Gasteiger partial charge in [-0.3, -0.25) is 8.78 Å². The predicted octanol–water partition coefficient (Wildman–Crippen LogP) is 1.32. The van der Waals surface area contributed by atoms with E-state index in [0.717, 1.165) is 19.3 Å². The van der Waals surface area contributed by atoms with Crippen molar-refractivity contribution in [2.75, 3.05) is 13.3 Å². The van der Waals surface area contributed by atoms with Crippen molar-refractivity contribution in [1.29, 1.82) is 0 Å². The molecule has 0 bridgehead atoms. The van der Waals surface area contributed by atoms with Crippen LogP contribution in [0.15, 0.2) is 0 Å². The lowest BCUT2D eigenvalue weighted by molar-refractivity contribution is -0.200. The van der Waals surface area contributed by atoms with E-state index in [4.69, 9.17) is 5.73 Å². The van der Waals surface area contributed by atoms with E-state index in [1.807, 2.05) is 0 Å². The Morgan fingerprint density at radius 2 is 1.64 bits per heavy atom. The summed E-state index contributed by atoms with van der Waals surface area (Å²) in [7, 11) is 0. The quantitative estimate of drug-likeness (QED) is 0.730. The van der Waals surface area contributed by atoms with E-state index in [-0.39, 0.29) is 12.8 Å². The Morgan fingerprint density at radius 1 is 1.14 bits per heavy atom. The Kier molecular flexibility index (Phi) is 2.13. The fourth-order valence-electron chi connectivity index (χ4n) is 2.79. The molecule has 0 amide bonds. The molecule has 0 aromatic rings. The van der Waals surface area contributed by atoms with Crippen LogP contribution in [0.4, 0.5) is 8.78 Å². The molecule has 0 unspecified atom stereocenters. The topological polar surface area (TPSA) is 46.2 Å². The van der Waals surface area contributed by atoms with Crippen LogP contribution in [0.5, 0.6) is 0 Å². The van der Waals surface area contributed by atoms with Gasteiger partial charge in [0.2, 0.25) is 0 Å². The molecule has 2 saturated carbocycles. The van der Waals surface area contributed by atoms with E-state index >= 15 is 0 Å². The number of aliphatic hydroxyl groups is 1. The van der Waals surface area contributed by atoms with Crippen molar-refractivity contribution in [2.24, 2.45) is 11.1 Å². The van der Waals surface area contributed by atoms with Gasteiger partial charge in [-0.2, -0.15) is 0 Å². The van der Waals surface area contributed by atoms with Crippen molar-refractivity contribution in [2.45, 2.75) is 43.2 Å². The standard InChI is InChI=1S/C10H17F2NO/c11-6-8(7-12)4-10(14,5-8)9(13)2-1-3-9/h14H,1-7,13H2. The van der Waals surface area contributed by atoms with Gasteiger partial charge in [-0.05, 0) is 32.1 Å². The second-order valence-electron chi connectivity index (χ2n) is 5.16. The fourth-order valence-corrected chi connectivity index (χ4v) is 2.79. The molecule has 2 rings (SSSR count). The summed E-state index contributed by atoms with van der Waals surface area (Å²) in [6.45, 7) is -1.39. The van der Waals surface area contributed by atoms with Crippen molar-refractivity contribution in [1.82, 2.24) is 0 Å². The van der Waals surface area contributed by atoms with Crippen LogP contribution < -0.4 is 5.73 Å². The Hall–Kier alpha value is -0.220. The molecule has 14 heavy (non-hydrogen) atoms. The zero-order valence-electron chi connectivity index (χ0n) is 8.23. The smallest absolute Gasteiger partial charge is 0.0977 e. The van der Waals surface area contributed by atoms with Gasteiger partial charge < -0.3 is 10.8 Å². The molecule has 0 spiro atoms. The number of nitrogens with two attached hydrogens (primary N) is 1. The van der Waals surface area contributed by atoms with Gasteiger partial charge in [0, 0.05) is 11.0 Å². The van der Waals surface area contributed by atoms with Gasteiger partial charge in [0.15, 0.2) is 0 Å². The van der Waals surface area contributed by atoms with Crippen LogP contribution in [0.25, 0.3) is 0 Å². The first-order chi connectivity index (χ1) is 6.49. The van der Waals surface area contributed by atoms with Gasteiger partial charge in [-0.1, -0.05) is 0 Å². The third-order valence-corrected chi connectivity index (χ3v) is 4.07. The lowest BCUT2D eigenvalue weighted by Gasteiger charge is -2.61. The summed E-state index contributed by atoms with van der Waals surface area (Å²) >= 11 is 0. The minimum atomic E-state index is -1.01. The molecule has 0 heterocycles. The van der Waals surface area contributed by atoms with Gasteiger partial charge in [0.1, 0.15) is 0 Å². The van der Waals surface area contributed by atoms with Gasteiger partial charge >= 0.3 is 0 Å². The normalized spacial score (nSPS) is 31.7. The number of halogens is 2. The number of hydrogen-bond acceptors (Lipinski definition) is 2. The minimum absolute atomic E-state index is 0.184. The van der Waals surface area contributed by atoms with E-state index in [2.05, 4.69) is 0 Å². The summed E-state index contributed by atoms with van der Waals surface area (Å²) in [5.41, 5.74) is 3.47. The van der Waals surface area contributed by atoms with E-state index in [1.54, 1.807) is 0 Å². The monoisotopic (exact) mass is 205 g/mol. The first-order valence-corrected chi connectivity index (χ1v) is 5.13. The highest BCUT2D eigenvalue weighted by Gasteiger charge is 2.64. The Balaban J connectivity index is 2.03. The first-order valence-electron chi connectivity index (χ1n) is 5.13. The second-order valence-corrected chi connectivity index (χ2v) is 5.16. The number of alkyl halides is 2. The van der Waals surface area contributed by atoms with Gasteiger partial charge in [-0.15, -0.1) is 0 Å². The van der Waals surface area contributed by atoms with Crippen molar-refractivity contribution < 1.29 is 13.9 Å². The van der Waals surface area contributed by atoms with Crippen molar-refractivity contribution in [3.05, 3.63) is 0 Å². The maximum absolute atomic E-state index is 12.6. The Labute approximate surface area is 82.5 Å². The molecule has 2 fully saturated rings. The van der Waals surface area contributed by atoms with Crippen molar-refractivity contribution in [3.8, 4) is 0 Å². The molecule has 4 heteroatoms. The average molecular weight is 205 g/mol. The maximum atomic E-state index is 12.6. The maximum Gasteiger partial charge on any atom is 0.0977 e. The van der Waals surface area contributed by atoms with E-state index < -0.39 is 29.9 Å². The summed E-state index contributed by atoms with van der Waals surface area (Å²) < 4.78 is 25.1. The van der Waals surface area contributed by atoms with Crippen LogP contribution in [0.3, 0.4) is 0 Å². The number of hydrogen-bond donors (Lipinski definition) is 2. The fraction of sp³-hybridized carbons (Fsp3) is 1.00. The lowest BCUT2D eigenvalue weighted by Crippen LogP contribution is -2.73. The van der Waals surface area contributed by atoms with Gasteiger partial charge in [0.25, 0.3) is 0 Å². The molecule has 82 valence electrons. The van der Waals surface area contributed by atoms with E-state index in [9.17, 15) is 13.9 Å². The summed E-state index contributed by atoms with van der Waals surface area (Å²) in [5, 5.41) is 10.1. The summed E-state index contributed by atoms with van der Waals surface area (Å²) in [4.78, 5) is 0. The SMILES string of the molecule is NC1(C2(O)CC(CF)(CF)C2)CCC1. The molecule has 0 radical (unpaired) electrons. The van der Waals surface area contributed by atoms with Crippen LogP contribution in [-0.4, -0.2) is 29.6 Å². The van der Waals surface area contributed by atoms with Crippen LogP contribution in [0.1, 0.15) is 32.1 Å². The largest absolute Gasteiger partial charge is 0.388 e. The van der Waals surface area contributed by atoms with Crippen molar-refractivity contribution in [3.63, 3.8) is 0 Å². The highest BCUT2D eigenvalue weighted by Crippen LogP contribution is 2.57. The van der Waals surface area contributed by atoms with Crippen LogP contribution in [-0.2, 0) is 0 Å². The molecule has 0 atom stereocenters. The average Bonchev–Trinajstić information content (AvgIpc) is 2.08. The third kappa shape index (κ3) is 1.13. The van der Waals surface area contributed by atoms with Crippen LogP contribution >= 0.6 is 0 Å². The first kappa shape index (κ1) is 10.3. The molecule has 0 saturated heterocycles. The zero-order chi connectivity index (χ0) is 10.4. The molecule has 2 aliphatic carbocycles. The second kappa shape index (κ2) is 2.89. The minimum Gasteiger partial charge on any atom is -0.388 e. The van der Waals surface area contributed by atoms with Gasteiger partial charge in [-0.25, -0.2) is 0 Å². The Bertz CT molecular complexity index is 228. The van der Waals surface area contributed by atoms with Crippen LogP contribution in [0, 0.1) is 5.41 Å². The van der Waals surface area contributed by atoms with E-state index in [0.29, 0.717) is 0 Å². The molecule has 2 aliphatic rings. The molecular formula is C10H17F2NO. The lowest BCUT2D eigenvalue weighted by atomic mass is 9.49. The Morgan fingerprint density at radius 3 is 1.93 bits per heavy atom. The molecule has 3 N–H and O–H groups in total. The molecule has 0 aromatic carbocycles. The molecule has 2 nitrogen and oxygen atoms in total.